The van der Waals surface area contributed by atoms with Gasteiger partial charge in [0.1, 0.15) is 17.3 Å². The molecule has 9 heteroatoms. The first-order valence-electron chi connectivity index (χ1n) is 8.97. The Morgan fingerprint density at radius 3 is 2.83 bits per heavy atom. The van der Waals surface area contributed by atoms with E-state index in [1.165, 1.54) is 12.1 Å². The summed E-state index contributed by atoms with van der Waals surface area (Å²) in [6, 6.07) is 9.01. The van der Waals surface area contributed by atoms with E-state index in [0.29, 0.717) is 17.6 Å². The van der Waals surface area contributed by atoms with Crippen LogP contribution in [0.25, 0.3) is 10.9 Å². The minimum absolute atomic E-state index is 0.0295. The molecule has 30 heavy (non-hydrogen) atoms. The van der Waals surface area contributed by atoms with E-state index in [4.69, 9.17) is 16.3 Å². The molecule has 2 amide bonds. The van der Waals surface area contributed by atoms with Crippen LogP contribution >= 0.6 is 11.6 Å². The summed E-state index contributed by atoms with van der Waals surface area (Å²) < 4.78 is 18.6. The summed E-state index contributed by atoms with van der Waals surface area (Å²) in [6.45, 7) is 3.69. The molecule has 0 unspecified atom stereocenters. The molecule has 0 spiro atoms. The molecule has 2 heterocycles. The third-order valence-electron chi connectivity index (χ3n) is 4.01. The van der Waals surface area contributed by atoms with E-state index < -0.39 is 11.7 Å². The molecule has 7 nitrogen and oxygen atoms in total. The van der Waals surface area contributed by atoms with Crippen molar-refractivity contribution in [3.63, 3.8) is 0 Å². The topological polar surface area (TPSA) is 93.2 Å². The molecule has 0 aliphatic rings. The van der Waals surface area contributed by atoms with E-state index in [1.54, 1.807) is 30.6 Å². The highest BCUT2D eigenvalue weighted by atomic mass is 35.5. The van der Waals surface area contributed by atoms with Gasteiger partial charge in [-0.3, -0.25) is 14.6 Å². The van der Waals surface area contributed by atoms with Crippen LogP contribution in [0.2, 0.25) is 5.02 Å². The Balaban J connectivity index is 1.40. The highest BCUT2D eigenvalue weighted by Crippen LogP contribution is 2.20. The van der Waals surface area contributed by atoms with Crippen molar-refractivity contribution in [1.29, 1.82) is 0 Å². The van der Waals surface area contributed by atoms with Gasteiger partial charge in [-0.05, 0) is 30.3 Å². The summed E-state index contributed by atoms with van der Waals surface area (Å²) in [5.74, 6) is -1.23. The predicted molar refractivity (Wildman–Crippen MR) is 111 cm³/mol. The Bertz CT molecular complexity index is 1110. The zero-order valence-corrected chi connectivity index (χ0v) is 16.6. The number of rotatable bonds is 8. The van der Waals surface area contributed by atoms with Gasteiger partial charge in [-0.25, -0.2) is 9.37 Å². The minimum Gasteiger partial charge on any atom is -0.484 e. The number of benzene rings is 1. The Labute approximate surface area is 176 Å². The van der Waals surface area contributed by atoms with E-state index in [0.717, 1.165) is 11.5 Å². The number of aromatic nitrogens is 2. The summed E-state index contributed by atoms with van der Waals surface area (Å²) in [4.78, 5) is 32.4. The molecule has 3 aromatic rings. The summed E-state index contributed by atoms with van der Waals surface area (Å²) in [5.41, 5.74) is 1.37. The van der Waals surface area contributed by atoms with Gasteiger partial charge in [0.2, 0.25) is 0 Å². The Morgan fingerprint density at radius 2 is 2.03 bits per heavy atom. The lowest BCUT2D eigenvalue weighted by Gasteiger charge is -2.11. The lowest BCUT2D eigenvalue weighted by atomic mass is 10.2. The number of nitrogens with one attached hydrogen (secondary N) is 2. The van der Waals surface area contributed by atoms with Crippen molar-refractivity contribution in [2.24, 2.45) is 0 Å². The van der Waals surface area contributed by atoms with Gasteiger partial charge in [0, 0.05) is 42.5 Å². The van der Waals surface area contributed by atoms with Crippen molar-refractivity contribution < 1.29 is 18.7 Å². The molecular formula is C21H18ClFN4O3. The average Bonchev–Trinajstić information content (AvgIpc) is 2.74. The van der Waals surface area contributed by atoms with Gasteiger partial charge < -0.3 is 15.4 Å². The molecule has 0 saturated heterocycles. The molecular weight excluding hydrogens is 411 g/mol. The van der Waals surface area contributed by atoms with Crippen LogP contribution in [0.15, 0.2) is 61.1 Å². The Kier molecular flexibility index (Phi) is 6.92. The lowest BCUT2D eigenvalue weighted by Crippen LogP contribution is -2.31. The summed E-state index contributed by atoms with van der Waals surface area (Å²) >= 11 is 5.59. The summed E-state index contributed by atoms with van der Waals surface area (Å²) in [6.07, 6.45) is 3.60. The number of carbonyl (C=O) groups is 2. The third kappa shape index (κ3) is 5.74. The first kappa shape index (κ1) is 21.2. The Hall–Kier alpha value is -3.52. The number of pyridine rings is 2. The van der Waals surface area contributed by atoms with Gasteiger partial charge in [-0.15, -0.1) is 0 Å². The lowest BCUT2D eigenvalue weighted by molar-refractivity contribution is -0.122. The minimum atomic E-state index is -0.632. The fourth-order valence-corrected chi connectivity index (χ4v) is 2.64. The molecule has 2 N–H and O–H groups in total. The fourth-order valence-electron chi connectivity index (χ4n) is 2.52. The maximum Gasteiger partial charge on any atom is 0.269 e. The Morgan fingerprint density at radius 1 is 1.20 bits per heavy atom. The first-order valence-corrected chi connectivity index (χ1v) is 9.34. The molecule has 0 saturated carbocycles. The van der Waals surface area contributed by atoms with Crippen LogP contribution in [0, 0.1) is 5.82 Å². The van der Waals surface area contributed by atoms with Gasteiger partial charge in [-0.2, -0.15) is 0 Å². The highest BCUT2D eigenvalue weighted by molar-refractivity contribution is 6.30. The largest absolute Gasteiger partial charge is 0.484 e. The number of amides is 2. The number of hydrogen-bond donors (Lipinski definition) is 2. The summed E-state index contributed by atoms with van der Waals surface area (Å²) in [5, 5.41) is 6.10. The van der Waals surface area contributed by atoms with E-state index in [-0.39, 0.29) is 35.5 Å². The second-order valence-corrected chi connectivity index (χ2v) is 6.69. The van der Waals surface area contributed by atoms with Gasteiger partial charge in [0.15, 0.2) is 6.61 Å². The summed E-state index contributed by atoms with van der Waals surface area (Å²) in [7, 11) is 0. The molecule has 0 radical (unpaired) electrons. The van der Waals surface area contributed by atoms with Crippen LogP contribution in [0.1, 0.15) is 16.9 Å². The van der Waals surface area contributed by atoms with Gasteiger partial charge in [0.25, 0.3) is 11.8 Å². The molecule has 3 rings (SSSR count). The number of hydrogen-bond acceptors (Lipinski definition) is 5. The van der Waals surface area contributed by atoms with Gasteiger partial charge in [0.05, 0.1) is 10.5 Å². The zero-order valence-electron chi connectivity index (χ0n) is 15.8. The standard InChI is InChI=1S/C21H18ClFN4O3/c1-13(26-20(28)12-30-15-3-4-16(22)17(23)10-15)6-9-25-21(29)19-5-2-14-11-24-8-7-18(14)27-19/h2-5,7-8,10-11H,1,6,9,12H2,(H,25,29)(H,26,28). The zero-order chi connectivity index (χ0) is 21.5. The number of nitrogens with zero attached hydrogens (tertiary/aromatic N) is 2. The molecule has 0 aliphatic carbocycles. The van der Waals surface area contributed by atoms with Crippen molar-refractivity contribution in [3.8, 4) is 5.75 Å². The normalized spacial score (nSPS) is 10.5. The van der Waals surface area contributed by atoms with Crippen LogP contribution < -0.4 is 15.4 Å². The molecule has 154 valence electrons. The van der Waals surface area contributed by atoms with Crippen molar-refractivity contribution in [2.75, 3.05) is 13.2 Å². The molecule has 1 aromatic carbocycles. The van der Waals surface area contributed by atoms with Crippen molar-refractivity contribution in [2.45, 2.75) is 6.42 Å². The number of ether oxygens (including phenoxy) is 1. The second kappa shape index (κ2) is 9.80. The van der Waals surface area contributed by atoms with Crippen molar-refractivity contribution in [1.82, 2.24) is 20.6 Å². The van der Waals surface area contributed by atoms with Crippen LogP contribution in [0.4, 0.5) is 4.39 Å². The van der Waals surface area contributed by atoms with Crippen LogP contribution in [0.5, 0.6) is 5.75 Å². The van der Waals surface area contributed by atoms with Crippen molar-refractivity contribution >= 4 is 34.3 Å². The highest BCUT2D eigenvalue weighted by Gasteiger charge is 2.10. The quantitative estimate of drug-likeness (QED) is 0.574. The smallest absolute Gasteiger partial charge is 0.269 e. The third-order valence-corrected chi connectivity index (χ3v) is 4.32. The van der Waals surface area contributed by atoms with Crippen molar-refractivity contribution in [3.05, 3.63) is 77.6 Å². The second-order valence-electron chi connectivity index (χ2n) is 6.29. The predicted octanol–water partition coefficient (Wildman–Crippen LogP) is 3.25. The molecule has 0 fully saturated rings. The fraction of sp³-hybridized carbons (Fsp3) is 0.143. The van der Waals surface area contributed by atoms with E-state index in [1.807, 2.05) is 0 Å². The maximum absolute atomic E-state index is 13.3. The molecule has 0 bridgehead atoms. The monoisotopic (exact) mass is 428 g/mol. The number of halogens is 2. The van der Waals surface area contributed by atoms with E-state index in [2.05, 4.69) is 27.2 Å². The number of carbonyl (C=O) groups excluding carboxylic acids is 2. The van der Waals surface area contributed by atoms with Crippen LogP contribution in [-0.4, -0.2) is 34.9 Å². The van der Waals surface area contributed by atoms with E-state index in [9.17, 15) is 14.0 Å². The maximum atomic E-state index is 13.3. The molecule has 0 aliphatic heterocycles. The first-order chi connectivity index (χ1) is 14.4. The number of fused-ring (bicyclic) bond motifs is 1. The molecule has 2 aromatic heterocycles. The van der Waals surface area contributed by atoms with Gasteiger partial charge >= 0.3 is 0 Å². The SMILES string of the molecule is C=C(CCNC(=O)c1ccc2cnccc2n1)NC(=O)COc1ccc(Cl)c(F)c1. The molecule has 0 atom stereocenters. The van der Waals surface area contributed by atoms with E-state index >= 15 is 0 Å². The van der Waals surface area contributed by atoms with Crippen LogP contribution in [0.3, 0.4) is 0 Å². The van der Waals surface area contributed by atoms with Gasteiger partial charge in [-0.1, -0.05) is 18.2 Å². The average molecular weight is 429 g/mol. The van der Waals surface area contributed by atoms with Crippen LogP contribution in [-0.2, 0) is 4.79 Å².